The Morgan fingerprint density at radius 1 is 1.26 bits per heavy atom. The van der Waals surface area contributed by atoms with E-state index < -0.39 is 27.9 Å². The van der Waals surface area contributed by atoms with Crippen LogP contribution < -0.4 is 0 Å². The molecule has 0 saturated heterocycles. The third-order valence-corrected chi connectivity index (χ3v) is 4.55. The molecule has 0 bridgehead atoms. The second-order valence-electron chi connectivity index (χ2n) is 4.41. The van der Waals surface area contributed by atoms with Gasteiger partial charge in [0.15, 0.2) is 0 Å². The molecule has 19 heavy (non-hydrogen) atoms. The molecule has 7 nitrogen and oxygen atoms in total. The summed E-state index contributed by atoms with van der Waals surface area (Å²) in [5, 5.41) is 17.4. The first-order valence-electron chi connectivity index (χ1n) is 6.13. The van der Waals surface area contributed by atoms with Crippen molar-refractivity contribution in [3.63, 3.8) is 0 Å². The minimum atomic E-state index is -3.60. The van der Waals surface area contributed by atoms with Gasteiger partial charge in [0.2, 0.25) is 10.0 Å². The molecule has 0 aromatic carbocycles. The van der Waals surface area contributed by atoms with E-state index in [0.29, 0.717) is 12.8 Å². The third kappa shape index (κ3) is 7.12. The van der Waals surface area contributed by atoms with Crippen LogP contribution in [0.4, 0.5) is 0 Å². The number of carbonyl (C=O) groups is 2. The van der Waals surface area contributed by atoms with E-state index in [0.717, 1.165) is 4.31 Å². The molecule has 112 valence electrons. The number of hydrogen-bond acceptors (Lipinski definition) is 4. The van der Waals surface area contributed by atoms with Gasteiger partial charge in [0.05, 0.1) is 18.1 Å². The van der Waals surface area contributed by atoms with Gasteiger partial charge >= 0.3 is 11.9 Å². The van der Waals surface area contributed by atoms with Gasteiger partial charge in [0.25, 0.3) is 0 Å². The van der Waals surface area contributed by atoms with Gasteiger partial charge in [-0.05, 0) is 6.42 Å². The second-order valence-corrected chi connectivity index (χ2v) is 6.50. The molecule has 0 aromatic heterocycles. The highest BCUT2D eigenvalue weighted by atomic mass is 32.2. The molecule has 0 aliphatic heterocycles. The Bertz CT molecular complexity index is 405. The van der Waals surface area contributed by atoms with Gasteiger partial charge in [-0.3, -0.25) is 9.59 Å². The Morgan fingerprint density at radius 2 is 1.84 bits per heavy atom. The minimum Gasteiger partial charge on any atom is -0.481 e. The molecule has 0 aliphatic carbocycles. The highest BCUT2D eigenvalue weighted by Gasteiger charge is 2.26. The van der Waals surface area contributed by atoms with Gasteiger partial charge in [-0.2, -0.15) is 0 Å². The summed E-state index contributed by atoms with van der Waals surface area (Å²) in [7, 11) is -3.60. The molecule has 0 heterocycles. The molecule has 0 spiro atoms. The number of aliphatic carboxylic acids is 2. The lowest BCUT2D eigenvalue weighted by Gasteiger charge is -2.23. The first-order chi connectivity index (χ1) is 8.70. The Balaban J connectivity index is 4.83. The average molecular weight is 295 g/mol. The van der Waals surface area contributed by atoms with Crippen molar-refractivity contribution >= 4 is 22.0 Å². The maximum Gasteiger partial charge on any atom is 0.307 e. The number of carboxylic acids is 2. The standard InChI is InChI=1S/C11H21NO6S/c1-3-4-7-19(17,18)12(6-5-10(13)14)8-9(2)11(15)16/h9H,3-8H2,1-2H3,(H,13,14)(H,15,16). The summed E-state index contributed by atoms with van der Waals surface area (Å²) in [5.74, 6) is -3.18. The zero-order valence-corrected chi connectivity index (χ0v) is 12.0. The van der Waals surface area contributed by atoms with Crippen molar-refractivity contribution in [2.24, 2.45) is 5.92 Å². The van der Waals surface area contributed by atoms with E-state index in [1.54, 1.807) is 0 Å². The first-order valence-corrected chi connectivity index (χ1v) is 7.74. The summed E-state index contributed by atoms with van der Waals surface area (Å²) < 4.78 is 25.0. The molecule has 0 radical (unpaired) electrons. The maximum absolute atomic E-state index is 12.0. The van der Waals surface area contributed by atoms with Crippen LogP contribution in [0, 0.1) is 5.92 Å². The molecule has 1 atom stereocenters. The number of unbranched alkanes of at least 4 members (excludes halogenated alkanes) is 1. The van der Waals surface area contributed by atoms with E-state index in [2.05, 4.69) is 0 Å². The lowest BCUT2D eigenvalue weighted by molar-refractivity contribution is -0.141. The Kier molecular flexibility index (Phi) is 7.62. The summed E-state index contributed by atoms with van der Waals surface area (Å²) >= 11 is 0. The summed E-state index contributed by atoms with van der Waals surface area (Å²) in [6.07, 6.45) is 0.825. The largest absolute Gasteiger partial charge is 0.481 e. The normalized spacial score (nSPS) is 13.4. The molecule has 0 aliphatic rings. The van der Waals surface area contributed by atoms with Crippen molar-refractivity contribution in [2.45, 2.75) is 33.1 Å². The lowest BCUT2D eigenvalue weighted by atomic mass is 10.2. The predicted molar refractivity (Wildman–Crippen MR) is 69.3 cm³/mol. The van der Waals surface area contributed by atoms with Gasteiger partial charge in [-0.15, -0.1) is 0 Å². The molecule has 8 heteroatoms. The van der Waals surface area contributed by atoms with E-state index in [1.807, 2.05) is 6.92 Å². The molecule has 0 saturated carbocycles. The molecule has 0 amide bonds. The number of nitrogens with zero attached hydrogens (tertiary/aromatic N) is 1. The summed E-state index contributed by atoms with van der Waals surface area (Å²) in [4.78, 5) is 21.3. The van der Waals surface area contributed by atoms with Gasteiger partial charge in [0.1, 0.15) is 0 Å². The van der Waals surface area contributed by atoms with Crippen molar-refractivity contribution < 1.29 is 28.2 Å². The highest BCUT2D eigenvalue weighted by Crippen LogP contribution is 2.10. The van der Waals surface area contributed by atoms with Gasteiger partial charge in [-0.1, -0.05) is 20.3 Å². The Morgan fingerprint density at radius 3 is 2.26 bits per heavy atom. The Hall–Kier alpha value is -1.15. The topological polar surface area (TPSA) is 112 Å². The second kappa shape index (κ2) is 8.11. The van der Waals surface area contributed by atoms with Gasteiger partial charge < -0.3 is 10.2 Å². The maximum atomic E-state index is 12.0. The summed E-state index contributed by atoms with van der Waals surface area (Å²) in [6.45, 7) is 2.84. The van der Waals surface area contributed by atoms with Gasteiger partial charge in [-0.25, -0.2) is 12.7 Å². The number of rotatable bonds is 10. The molecular weight excluding hydrogens is 274 g/mol. The quantitative estimate of drug-likeness (QED) is 0.611. The zero-order valence-electron chi connectivity index (χ0n) is 11.2. The van der Waals surface area contributed by atoms with Crippen LogP contribution in [0.25, 0.3) is 0 Å². The van der Waals surface area contributed by atoms with Crippen molar-refractivity contribution in [3.8, 4) is 0 Å². The number of sulfonamides is 1. The first kappa shape index (κ1) is 17.8. The number of hydrogen-bond donors (Lipinski definition) is 2. The highest BCUT2D eigenvalue weighted by molar-refractivity contribution is 7.89. The van der Waals surface area contributed by atoms with Crippen molar-refractivity contribution in [1.29, 1.82) is 0 Å². The molecule has 1 unspecified atom stereocenters. The van der Waals surface area contributed by atoms with Crippen molar-refractivity contribution in [2.75, 3.05) is 18.8 Å². The van der Waals surface area contributed by atoms with Crippen molar-refractivity contribution in [1.82, 2.24) is 4.31 Å². The van der Waals surface area contributed by atoms with Crippen LogP contribution in [-0.4, -0.2) is 53.7 Å². The van der Waals surface area contributed by atoms with Crippen LogP contribution in [0.5, 0.6) is 0 Å². The molecule has 0 aromatic rings. The SMILES string of the molecule is CCCCS(=O)(=O)N(CCC(=O)O)CC(C)C(=O)O. The van der Waals surface area contributed by atoms with Crippen LogP contribution in [0.1, 0.15) is 33.1 Å². The fourth-order valence-electron chi connectivity index (χ4n) is 1.40. The van der Waals surface area contributed by atoms with E-state index in [1.165, 1.54) is 6.92 Å². The van der Waals surface area contributed by atoms with E-state index in [9.17, 15) is 18.0 Å². The lowest BCUT2D eigenvalue weighted by Crippen LogP contribution is -2.39. The van der Waals surface area contributed by atoms with Crippen molar-refractivity contribution in [3.05, 3.63) is 0 Å². The van der Waals surface area contributed by atoms with E-state index >= 15 is 0 Å². The minimum absolute atomic E-state index is 0.0878. The third-order valence-electron chi connectivity index (χ3n) is 2.62. The number of carboxylic acid groups (broad SMARTS) is 2. The zero-order chi connectivity index (χ0) is 15.1. The summed E-state index contributed by atoms with van der Waals surface area (Å²) in [5.41, 5.74) is 0. The van der Waals surface area contributed by atoms with E-state index in [-0.39, 0.29) is 25.3 Å². The molecule has 0 fully saturated rings. The molecular formula is C11H21NO6S. The van der Waals surface area contributed by atoms with Crippen LogP contribution in [0.15, 0.2) is 0 Å². The van der Waals surface area contributed by atoms with Crippen LogP contribution in [-0.2, 0) is 19.6 Å². The smallest absolute Gasteiger partial charge is 0.307 e. The molecule has 2 N–H and O–H groups in total. The fraction of sp³-hybridized carbons (Fsp3) is 0.818. The summed E-state index contributed by atoms with van der Waals surface area (Å²) in [6, 6.07) is 0. The molecule has 0 rings (SSSR count). The average Bonchev–Trinajstić information content (AvgIpc) is 2.30. The van der Waals surface area contributed by atoms with E-state index in [4.69, 9.17) is 10.2 Å². The van der Waals surface area contributed by atoms with Gasteiger partial charge in [0, 0.05) is 13.1 Å². The predicted octanol–water partition coefficient (Wildman–Crippen LogP) is 0.614. The fourth-order valence-corrected chi connectivity index (χ4v) is 3.14. The Labute approximate surface area is 113 Å². The van der Waals surface area contributed by atoms with Crippen LogP contribution in [0.3, 0.4) is 0 Å². The van der Waals surface area contributed by atoms with Crippen LogP contribution in [0.2, 0.25) is 0 Å². The monoisotopic (exact) mass is 295 g/mol. The van der Waals surface area contributed by atoms with Crippen LogP contribution >= 0.6 is 0 Å².